The van der Waals surface area contributed by atoms with Crippen LogP contribution in [0.3, 0.4) is 0 Å². The molecule has 0 amide bonds. The lowest BCUT2D eigenvalue weighted by molar-refractivity contribution is -0.159. The highest BCUT2D eigenvalue weighted by Gasteiger charge is 2.38. The second kappa shape index (κ2) is 8.21. The van der Waals surface area contributed by atoms with Crippen LogP contribution in [-0.4, -0.2) is 47.7 Å². The summed E-state index contributed by atoms with van der Waals surface area (Å²) in [5.74, 6) is -2.04. The highest BCUT2D eigenvalue weighted by Crippen LogP contribution is 2.31. The first-order valence-electron chi connectivity index (χ1n) is 9.78. The van der Waals surface area contributed by atoms with E-state index in [0.717, 1.165) is 38.5 Å². The van der Waals surface area contributed by atoms with Crippen LogP contribution in [0.1, 0.15) is 34.8 Å². The third-order valence-corrected chi connectivity index (χ3v) is 5.75. The molecule has 29 heavy (non-hydrogen) atoms. The molecular formula is C22H23FN2O4. The Hall–Kier alpha value is -2.93. The number of ether oxygens (including phenoxy) is 1. The fraction of sp³-hybridized carbons (Fsp3) is 0.364. The van der Waals surface area contributed by atoms with Gasteiger partial charge in [-0.3, -0.25) is 4.90 Å². The van der Waals surface area contributed by atoms with Crippen molar-refractivity contribution >= 4 is 17.6 Å². The molecule has 2 aromatic rings. The van der Waals surface area contributed by atoms with Gasteiger partial charge >= 0.3 is 11.9 Å². The first kappa shape index (κ1) is 19.4. The van der Waals surface area contributed by atoms with Crippen LogP contribution >= 0.6 is 0 Å². The number of fused-ring (bicyclic) bond motifs is 3. The third-order valence-electron chi connectivity index (χ3n) is 5.75. The van der Waals surface area contributed by atoms with Crippen LogP contribution in [0.2, 0.25) is 0 Å². The van der Waals surface area contributed by atoms with Gasteiger partial charge in [-0.25, -0.2) is 14.0 Å². The number of rotatable bonds is 6. The second-order valence-corrected chi connectivity index (χ2v) is 7.60. The van der Waals surface area contributed by atoms with Crippen molar-refractivity contribution in [3.8, 4) is 0 Å². The average molecular weight is 398 g/mol. The Kier molecular flexibility index (Phi) is 5.49. The molecule has 3 aliphatic heterocycles. The molecule has 0 saturated carbocycles. The number of carboxylic acids is 1. The monoisotopic (exact) mass is 398 g/mol. The van der Waals surface area contributed by atoms with Crippen LogP contribution in [0.4, 0.5) is 10.1 Å². The number of piperidine rings is 3. The normalized spacial score (nSPS) is 24.0. The van der Waals surface area contributed by atoms with Crippen LogP contribution in [0, 0.1) is 11.7 Å². The Labute approximate surface area is 168 Å². The Morgan fingerprint density at radius 1 is 1.14 bits per heavy atom. The van der Waals surface area contributed by atoms with E-state index in [2.05, 4.69) is 10.2 Å². The summed E-state index contributed by atoms with van der Waals surface area (Å²) in [6.45, 7) is 2.82. The number of aromatic carboxylic acids is 1. The topological polar surface area (TPSA) is 78.9 Å². The standard InChI is InChI=1S/C22H23FN2O4/c23-17-12-16(21(26)27)6-7-18(17)24-20(15-4-2-1-3-5-15)22(28)29-19-13-25-10-8-14(19)9-11-25/h1-7,12,14,19-20,24H,8-11,13H2,(H,26,27)/t19-,20?/m0/s1. The van der Waals surface area contributed by atoms with Gasteiger partial charge in [0.15, 0.2) is 6.04 Å². The molecule has 3 fully saturated rings. The Bertz CT molecular complexity index is 897. The summed E-state index contributed by atoms with van der Waals surface area (Å²) in [7, 11) is 0. The van der Waals surface area contributed by atoms with Crippen LogP contribution in [0.5, 0.6) is 0 Å². The minimum absolute atomic E-state index is 0.0507. The van der Waals surface area contributed by atoms with Gasteiger partial charge in [0, 0.05) is 6.54 Å². The molecule has 0 aromatic heterocycles. The zero-order chi connectivity index (χ0) is 20.4. The second-order valence-electron chi connectivity index (χ2n) is 7.60. The van der Waals surface area contributed by atoms with Gasteiger partial charge in [-0.05, 0) is 55.6 Å². The number of halogens is 1. The first-order valence-corrected chi connectivity index (χ1v) is 9.78. The molecule has 6 nitrogen and oxygen atoms in total. The summed E-state index contributed by atoms with van der Waals surface area (Å²) in [6, 6.07) is 11.7. The number of carboxylic acid groups (broad SMARTS) is 1. The van der Waals surface area contributed by atoms with Crippen LogP contribution in [0.15, 0.2) is 48.5 Å². The molecule has 1 unspecified atom stereocenters. The number of carbonyl (C=O) groups is 2. The maximum Gasteiger partial charge on any atom is 0.335 e. The van der Waals surface area contributed by atoms with Crippen molar-refractivity contribution in [1.29, 1.82) is 0 Å². The summed E-state index contributed by atoms with van der Waals surface area (Å²) in [6.07, 6.45) is 1.89. The number of hydrogen-bond donors (Lipinski definition) is 2. The molecule has 0 radical (unpaired) electrons. The number of carbonyl (C=O) groups excluding carboxylic acids is 1. The van der Waals surface area contributed by atoms with Crippen molar-refractivity contribution in [2.24, 2.45) is 5.92 Å². The van der Waals surface area contributed by atoms with E-state index >= 15 is 0 Å². The Morgan fingerprint density at radius 2 is 1.86 bits per heavy atom. The predicted octanol–water partition coefficient (Wildman–Crippen LogP) is 3.31. The van der Waals surface area contributed by atoms with Gasteiger partial charge in [0.25, 0.3) is 0 Å². The molecule has 2 aromatic carbocycles. The lowest BCUT2D eigenvalue weighted by Gasteiger charge is -2.44. The van der Waals surface area contributed by atoms with Gasteiger partial charge in [0.2, 0.25) is 0 Å². The molecule has 3 heterocycles. The van der Waals surface area contributed by atoms with E-state index in [-0.39, 0.29) is 17.4 Å². The summed E-state index contributed by atoms with van der Waals surface area (Å²) in [5.41, 5.74) is 0.550. The highest BCUT2D eigenvalue weighted by molar-refractivity contribution is 5.88. The zero-order valence-corrected chi connectivity index (χ0v) is 15.9. The summed E-state index contributed by atoms with van der Waals surface area (Å²) < 4.78 is 20.3. The zero-order valence-electron chi connectivity index (χ0n) is 15.9. The maximum absolute atomic E-state index is 14.4. The van der Waals surface area contributed by atoms with Crippen LogP contribution in [-0.2, 0) is 9.53 Å². The van der Waals surface area contributed by atoms with Gasteiger partial charge in [-0.15, -0.1) is 0 Å². The van der Waals surface area contributed by atoms with Gasteiger partial charge in [-0.2, -0.15) is 0 Å². The molecule has 3 aliphatic rings. The molecule has 3 saturated heterocycles. The minimum atomic E-state index is -1.21. The summed E-state index contributed by atoms with van der Waals surface area (Å²) in [4.78, 5) is 26.4. The first-order chi connectivity index (χ1) is 14.0. The Balaban J connectivity index is 1.55. The molecule has 152 valence electrons. The molecule has 0 spiro atoms. The van der Waals surface area contributed by atoms with E-state index < -0.39 is 23.8 Å². The fourth-order valence-electron chi connectivity index (χ4n) is 4.11. The van der Waals surface area contributed by atoms with Crippen LogP contribution in [0.25, 0.3) is 0 Å². The molecule has 2 N–H and O–H groups in total. The van der Waals surface area contributed by atoms with Crippen molar-refractivity contribution in [1.82, 2.24) is 4.90 Å². The lowest BCUT2D eigenvalue weighted by atomic mass is 9.86. The van der Waals surface area contributed by atoms with E-state index in [9.17, 15) is 14.0 Å². The average Bonchev–Trinajstić information content (AvgIpc) is 2.74. The van der Waals surface area contributed by atoms with Gasteiger partial charge in [0.1, 0.15) is 11.9 Å². The van der Waals surface area contributed by atoms with E-state index in [1.54, 1.807) is 24.3 Å². The SMILES string of the molecule is O=C(O)c1ccc(NC(C(=O)O[C@H]2CN3CCC2CC3)c2ccccc2)c(F)c1. The number of anilines is 1. The quantitative estimate of drug-likeness (QED) is 0.727. The van der Waals surface area contributed by atoms with Crippen molar-refractivity contribution in [3.63, 3.8) is 0 Å². The van der Waals surface area contributed by atoms with E-state index in [1.807, 2.05) is 6.07 Å². The molecule has 7 heteroatoms. The van der Waals surface area contributed by atoms with E-state index in [0.29, 0.717) is 11.5 Å². The number of esters is 1. The van der Waals surface area contributed by atoms with Gasteiger partial charge < -0.3 is 15.2 Å². The van der Waals surface area contributed by atoms with E-state index in [1.165, 1.54) is 12.1 Å². The van der Waals surface area contributed by atoms with Gasteiger partial charge in [-0.1, -0.05) is 30.3 Å². The summed E-state index contributed by atoms with van der Waals surface area (Å²) in [5, 5.41) is 11.9. The van der Waals surface area contributed by atoms with Gasteiger partial charge in [0.05, 0.1) is 11.3 Å². The van der Waals surface area contributed by atoms with Crippen molar-refractivity contribution < 1.29 is 23.8 Å². The van der Waals surface area contributed by atoms with Crippen molar-refractivity contribution in [3.05, 3.63) is 65.5 Å². The molecule has 5 rings (SSSR count). The molecular weight excluding hydrogens is 375 g/mol. The largest absolute Gasteiger partial charge is 0.478 e. The lowest BCUT2D eigenvalue weighted by Crippen LogP contribution is -2.52. The number of nitrogens with zero attached hydrogens (tertiary/aromatic N) is 1. The number of nitrogens with one attached hydrogen (secondary N) is 1. The maximum atomic E-state index is 14.4. The minimum Gasteiger partial charge on any atom is -0.478 e. The fourth-order valence-corrected chi connectivity index (χ4v) is 4.11. The smallest absolute Gasteiger partial charge is 0.335 e. The van der Waals surface area contributed by atoms with Crippen LogP contribution < -0.4 is 5.32 Å². The Morgan fingerprint density at radius 3 is 2.45 bits per heavy atom. The van der Waals surface area contributed by atoms with E-state index in [4.69, 9.17) is 9.84 Å². The molecule has 2 atom stereocenters. The van der Waals surface area contributed by atoms with Crippen molar-refractivity contribution in [2.45, 2.75) is 25.0 Å². The molecule has 0 aliphatic carbocycles. The number of benzene rings is 2. The number of hydrogen-bond acceptors (Lipinski definition) is 5. The molecule has 2 bridgehead atoms. The summed E-state index contributed by atoms with van der Waals surface area (Å²) >= 11 is 0. The highest BCUT2D eigenvalue weighted by atomic mass is 19.1. The third kappa shape index (κ3) is 4.24. The predicted molar refractivity (Wildman–Crippen MR) is 105 cm³/mol. The van der Waals surface area contributed by atoms with Crippen molar-refractivity contribution in [2.75, 3.05) is 25.0 Å².